The Morgan fingerprint density at radius 1 is 1.18 bits per heavy atom. The lowest BCUT2D eigenvalue weighted by atomic mass is 10.2. The van der Waals surface area contributed by atoms with Crippen LogP contribution in [0, 0.1) is 0 Å². The number of rotatable bonds is 7. The first-order chi connectivity index (χ1) is 16.6. The average molecular weight is 494 g/mol. The Labute approximate surface area is 204 Å². The molecule has 3 heterocycles. The Bertz CT molecular complexity index is 1480. The van der Waals surface area contributed by atoms with E-state index in [9.17, 15) is 4.79 Å². The highest BCUT2D eigenvalue weighted by atomic mass is 35.5. The molecule has 172 valence electrons. The van der Waals surface area contributed by atoms with Crippen LogP contribution in [-0.4, -0.2) is 29.6 Å². The predicted molar refractivity (Wildman–Crippen MR) is 133 cm³/mol. The van der Waals surface area contributed by atoms with Gasteiger partial charge in [-0.1, -0.05) is 41.1 Å². The van der Waals surface area contributed by atoms with Crippen molar-refractivity contribution < 1.29 is 18.7 Å². The second kappa shape index (κ2) is 9.32. The number of carbonyl (C=O) groups is 1. The fraction of sp³-hybridized carbons (Fsp3) is 0.160. The second-order valence-electron chi connectivity index (χ2n) is 7.39. The van der Waals surface area contributed by atoms with Crippen LogP contribution < -0.4 is 14.4 Å². The molecule has 0 saturated carbocycles. The third-order valence-electron chi connectivity index (χ3n) is 5.23. The number of anilines is 1. The van der Waals surface area contributed by atoms with Crippen LogP contribution in [0.4, 0.5) is 5.13 Å². The number of pyridine rings is 1. The zero-order valence-electron chi connectivity index (χ0n) is 18.4. The molecule has 0 unspecified atom stereocenters. The number of amides is 1. The van der Waals surface area contributed by atoms with Gasteiger partial charge in [0, 0.05) is 17.8 Å². The van der Waals surface area contributed by atoms with Gasteiger partial charge >= 0.3 is 0 Å². The summed E-state index contributed by atoms with van der Waals surface area (Å²) in [6.45, 7) is 2.64. The summed E-state index contributed by atoms with van der Waals surface area (Å²) in [6.07, 6.45) is 3.40. The summed E-state index contributed by atoms with van der Waals surface area (Å²) in [5, 5.41) is 1.80. The van der Waals surface area contributed by atoms with Gasteiger partial charge in [0.15, 0.2) is 22.2 Å². The van der Waals surface area contributed by atoms with E-state index in [2.05, 4.69) is 4.98 Å². The zero-order valence-corrected chi connectivity index (χ0v) is 20.0. The number of halogens is 1. The van der Waals surface area contributed by atoms with E-state index in [1.54, 1.807) is 42.6 Å². The van der Waals surface area contributed by atoms with Gasteiger partial charge in [0.2, 0.25) is 0 Å². The highest BCUT2D eigenvalue weighted by Crippen LogP contribution is 2.40. The quantitative estimate of drug-likeness (QED) is 0.263. The van der Waals surface area contributed by atoms with Crippen molar-refractivity contribution in [2.24, 2.45) is 0 Å². The van der Waals surface area contributed by atoms with Crippen molar-refractivity contribution in [3.8, 4) is 11.5 Å². The first kappa shape index (κ1) is 22.2. The number of thiazole rings is 1. The number of para-hydroxylation sites is 1. The molecule has 0 atom stereocenters. The molecule has 5 aromatic rings. The number of hydrogen-bond donors (Lipinski definition) is 0. The van der Waals surface area contributed by atoms with E-state index in [1.165, 1.54) is 11.3 Å². The van der Waals surface area contributed by atoms with Gasteiger partial charge in [0.05, 0.1) is 30.0 Å². The minimum atomic E-state index is -0.336. The molecule has 34 heavy (non-hydrogen) atoms. The molecule has 5 rings (SSSR count). The van der Waals surface area contributed by atoms with E-state index in [1.807, 2.05) is 37.3 Å². The summed E-state index contributed by atoms with van der Waals surface area (Å²) in [5.74, 6) is 1.02. The van der Waals surface area contributed by atoms with Gasteiger partial charge in [0.1, 0.15) is 11.3 Å². The molecule has 0 saturated heterocycles. The van der Waals surface area contributed by atoms with Gasteiger partial charge in [-0.05, 0) is 42.8 Å². The minimum absolute atomic E-state index is 0.184. The van der Waals surface area contributed by atoms with Crippen LogP contribution in [0.15, 0.2) is 65.3 Å². The predicted octanol–water partition coefficient (Wildman–Crippen LogP) is 6.35. The molecule has 0 fully saturated rings. The minimum Gasteiger partial charge on any atom is -0.494 e. The van der Waals surface area contributed by atoms with Crippen LogP contribution >= 0.6 is 22.9 Å². The molecule has 9 heteroatoms. The van der Waals surface area contributed by atoms with Crippen molar-refractivity contribution in [2.45, 2.75) is 13.5 Å². The smallest absolute Gasteiger partial charge is 0.296 e. The summed E-state index contributed by atoms with van der Waals surface area (Å²) >= 11 is 7.75. The summed E-state index contributed by atoms with van der Waals surface area (Å²) in [4.78, 5) is 24.2. The fourth-order valence-electron chi connectivity index (χ4n) is 3.67. The number of hydrogen-bond acceptors (Lipinski definition) is 7. The molecule has 0 aliphatic rings. The number of carbonyl (C=O) groups excluding carboxylic acids is 1. The Kier molecular flexibility index (Phi) is 6.08. The van der Waals surface area contributed by atoms with Gasteiger partial charge in [-0.15, -0.1) is 0 Å². The number of benzene rings is 2. The van der Waals surface area contributed by atoms with Gasteiger partial charge in [-0.3, -0.25) is 14.7 Å². The van der Waals surface area contributed by atoms with Crippen molar-refractivity contribution in [3.05, 3.63) is 77.3 Å². The number of aromatic nitrogens is 2. The molecule has 3 aromatic heterocycles. The normalized spacial score (nSPS) is 11.1. The van der Waals surface area contributed by atoms with Gasteiger partial charge < -0.3 is 13.9 Å². The third-order valence-corrected chi connectivity index (χ3v) is 6.76. The van der Waals surface area contributed by atoms with E-state index < -0.39 is 0 Å². The molecule has 7 nitrogen and oxygen atoms in total. The summed E-state index contributed by atoms with van der Waals surface area (Å²) in [5.41, 5.74) is 1.98. The van der Waals surface area contributed by atoms with E-state index in [-0.39, 0.29) is 18.2 Å². The largest absolute Gasteiger partial charge is 0.494 e. The van der Waals surface area contributed by atoms with Crippen molar-refractivity contribution in [2.75, 3.05) is 18.6 Å². The molecular formula is C25H20ClN3O4S. The summed E-state index contributed by atoms with van der Waals surface area (Å²) < 4.78 is 17.9. The molecule has 0 radical (unpaired) electrons. The second-order valence-corrected chi connectivity index (χ2v) is 8.78. The number of ether oxygens (including phenoxy) is 2. The van der Waals surface area contributed by atoms with Crippen molar-refractivity contribution in [1.29, 1.82) is 0 Å². The van der Waals surface area contributed by atoms with Crippen molar-refractivity contribution in [1.82, 2.24) is 9.97 Å². The number of methoxy groups -OCH3 is 1. The molecule has 1 amide bonds. The Hall–Kier alpha value is -3.62. The van der Waals surface area contributed by atoms with E-state index >= 15 is 0 Å². The lowest BCUT2D eigenvalue weighted by Gasteiger charge is -2.18. The van der Waals surface area contributed by atoms with Crippen LogP contribution in [0.2, 0.25) is 5.02 Å². The summed E-state index contributed by atoms with van der Waals surface area (Å²) in [6, 6.07) is 14.5. The topological polar surface area (TPSA) is 77.7 Å². The Balaban J connectivity index is 1.61. The lowest BCUT2D eigenvalue weighted by molar-refractivity contribution is 0.0960. The van der Waals surface area contributed by atoms with Crippen molar-refractivity contribution >= 4 is 55.2 Å². The van der Waals surface area contributed by atoms with Crippen molar-refractivity contribution in [3.63, 3.8) is 0 Å². The third kappa shape index (κ3) is 4.06. The van der Waals surface area contributed by atoms with Crippen LogP contribution in [0.3, 0.4) is 0 Å². The van der Waals surface area contributed by atoms with E-state index in [0.29, 0.717) is 39.4 Å². The molecule has 0 aliphatic heterocycles. The zero-order chi connectivity index (χ0) is 23.7. The number of nitrogens with zero attached hydrogens (tertiary/aromatic N) is 3. The van der Waals surface area contributed by atoms with E-state index in [4.69, 9.17) is 30.5 Å². The van der Waals surface area contributed by atoms with Crippen LogP contribution in [-0.2, 0) is 6.54 Å². The molecule has 0 bridgehead atoms. The lowest BCUT2D eigenvalue weighted by Crippen LogP contribution is -2.30. The monoisotopic (exact) mass is 493 g/mol. The van der Waals surface area contributed by atoms with E-state index in [0.717, 1.165) is 15.6 Å². The highest BCUT2D eigenvalue weighted by molar-refractivity contribution is 7.23. The standard InChI is InChI=1S/C25H20ClN3O4S/c1-3-32-19-8-4-7-16-12-20(33-22(16)19)24(30)29(14-15-6-5-11-27-13-15)25-28-21-18(31-2)10-9-17(26)23(21)34-25/h4-13H,3,14H2,1-2H3. The van der Waals surface area contributed by atoms with Gasteiger partial charge in [-0.25, -0.2) is 4.98 Å². The van der Waals surface area contributed by atoms with Gasteiger partial charge in [0.25, 0.3) is 5.91 Å². The van der Waals surface area contributed by atoms with Crippen LogP contribution in [0.1, 0.15) is 23.0 Å². The Morgan fingerprint density at radius 2 is 2.06 bits per heavy atom. The average Bonchev–Trinajstić information content (AvgIpc) is 3.49. The van der Waals surface area contributed by atoms with Crippen LogP contribution in [0.5, 0.6) is 11.5 Å². The first-order valence-corrected chi connectivity index (χ1v) is 11.8. The molecule has 2 aromatic carbocycles. The fourth-order valence-corrected chi connectivity index (χ4v) is 4.92. The molecule has 0 spiro atoms. The maximum atomic E-state index is 13.8. The maximum Gasteiger partial charge on any atom is 0.296 e. The molecule has 0 N–H and O–H groups in total. The first-order valence-electron chi connectivity index (χ1n) is 10.6. The number of fused-ring (bicyclic) bond motifs is 2. The van der Waals surface area contributed by atoms with Crippen LogP contribution in [0.25, 0.3) is 21.2 Å². The molecule has 0 aliphatic carbocycles. The number of furan rings is 1. The SMILES string of the molecule is CCOc1cccc2cc(C(=O)N(Cc3cccnc3)c3nc4c(OC)ccc(Cl)c4s3)oc12. The summed E-state index contributed by atoms with van der Waals surface area (Å²) in [7, 11) is 1.57. The van der Waals surface area contributed by atoms with Gasteiger partial charge in [-0.2, -0.15) is 0 Å². The highest BCUT2D eigenvalue weighted by Gasteiger charge is 2.26. The maximum absolute atomic E-state index is 13.8. The molecular weight excluding hydrogens is 474 g/mol. The Morgan fingerprint density at radius 3 is 2.82 bits per heavy atom.